The summed E-state index contributed by atoms with van der Waals surface area (Å²) in [6.07, 6.45) is 0. The van der Waals surface area contributed by atoms with Crippen LogP contribution in [-0.2, 0) is 0 Å². The minimum absolute atomic E-state index is 0.332. The Morgan fingerprint density at radius 3 is 1.85 bits per heavy atom. The van der Waals surface area contributed by atoms with Gasteiger partial charge in [-0.1, -0.05) is 109 Å². The second-order valence-corrected chi connectivity index (χ2v) is 11.3. The number of rotatable bonds is 5. The van der Waals surface area contributed by atoms with Gasteiger partial charge >= 0.3 is 0 Å². The molecule has 0 unspecified atom stereocenters. The third kappa shape index (κ3) is 5.12. The molecule has 6 aromatic carbocycles. The van der Waals surface area contributed by atoms with E-state index >= 15 is 8.78 Å². The molecule has 0 aromatic heterocycles. The number of fused-ring (bicyclic) bond motifs is 1. The van der Waals surface area contributed by atoms with Gasteiger partial charge in [0.05, 0.1) is 11.4 Å². The predicted octanol–water partition coefficient (Wildman–Crippen LogP) is 11.1. The smallest absolute Gasteiger partial charge is 0.155 e. The van der Waals surface area contributed by atoms with Gasteiger partial charge < -0.3 is 4.90 Å². The maximum absolute atomic E-state index is 17.1. The van der Waals surface area contributed by atoms with Gasteiger partial charge in [0.1, 0.15) is 5.82 Å². The summed E-state index contributed by atoms with van der Waals surface area (Å²) >= 11 is 0. The van der Waals surface area contributed by atoms with Crippen LogP contribution in [0.4, 0.5) is 20.2 Å². The van der Waals surface area contributed by atoms with Crippen molar-refractivity contribution in [2.45, 2.75) is 26.3 Å². The molecule has 41 heavy (non-hydrogen) atoms. The highest BCUT2D eigenvalue weighted by atomic mass is 19.1. The Labute approximate surface area is 240 Å². The van der Waals surface area contributed by atoms with Gasteiger partial charge in [0.2, 0.25) is 0 Å². The molecule has 0 fully saturated rings. The largest absolute Gasteiger partial charge is 0.331 e. The minimum Gasteiger partial charge on any atom is -0.331 e. The van der Waals surface area contributed by atoms with Gasteiger partial charge in [0, 0.05) is 16.7 Å². The van der Waals surface area contributed by atoms with Gasteiger partial charge in [-0.2, -0.15) is 0 Å². The molecule has 0 heterocycles. The molecule has 0 radical (unpaired) electrons. The van der Waals surface area contributed by atoms with E-state index in [1.54, 1.807) is 23.1 Å². The van der Waals surface area contributed by atoms with Crippen LogP contribution in [0.15, 0.2) is 133 Å². The van der Waals surface area contributed by atoms with Crippen molar-refractivity contribution in [3.05, 3.63) is 145 Å². The van der Waals surface area contributed by atoms with E-state index in [4.69, 9.17) is 0 Å². The number of hydrogen-bond acceptors (Lipinski definition) is 1. The summed E-state index contributed by atoms with van der Waals surface area (Å²) in [5.41, 5.74) is 4.92. The van der Waals surface area contributed by atoms with Gasteiger partial charge in [-0.3, -0.25) is 0 Å². The van der Waals surface area contributed by atoms with Crippen LogP contribution in [0.3, 0.4) is 0 Å². The van der Waals surface area contributed by atoms with Crippen molar-refractivity contribution in [2.24, 2.45) is 0 Å². The molecule has 0 aliphatic heterocycles. The van der Waals surface area contributed by atoms with Crippen LogP contribution < -0.4 is 4.90 Å². The summed E-state index contributed by atoms with van der Waals surface area (Å²) in [5.74, 6) is -0.787. The lowest BCUT2D eigenvalue weighted by molar-refractivity contribution is 0.528. The third-order valence-corrected chi connectivity index (χ3v) is 7.45. The molecule has 0 spiro atoms. The van der Waals surface area contributed by atoms with E-state index in [0.29, 0.717) is 22.5 Å². The van der Waals surface area contributed by atoms with Gasteiger partial charge in [-0.05, 0) is 78.1 Å². The van der Waals surface area contributed by atoms with Crippen molar-refractivity contribution in [2.75, 3.05) is 4.90 Å². The Morgan fingerprint density at radius 2 is 1.10 bits per heavy atom. The Bertz CT molecular complexity index is 1850. The summed E-state index contributed by atoms with van der Waals surface area (Å²) in [6.45, 7) is 5.92. The summed E-state index contributed by atoms with van der Waals surface area (Å²) in [4.78, 5) is 1.79. The van der Waals surface area contributed by atoms with Crippen LogP contribution in [0.5, 0.6) is 0 Å². The molecule has 6 aromatic rings. The zero-order chi connectivity index (χ0) is 28.6. The summed E-state index contributed by atoms with van der Waals surface area (Å²) in [5, 5.41) is 2.33. The lowest BCUT2D eigenvalue weighted by Crippen LogP contribution is -2.39. The van der Waals surface area contributed by atoms with E-state index in [9.17, 15) is 0 Å². The molecular weight excluding hydrogens is 508 g/mol. The molecule has 0 aliphatic carbocycles. The topological polar surface area (TPSA) is 3.24 Å². The molecular formula is C38H31F2N. The van der Waals surface area contributed by atoms with Crippen LogP contribution in [0.1, 0.15) is 20.8 Å². The average molecular weight is 540 g/mol. The lowest BCUT2D eigenvalue weighted by atomic mass is 9.92. The monoisotopic (exact) mass is 539 g/mol. The van der Waals surface area contributed by atoms with Gasteiger partial charge in [0.25, 0.3) is 0 Å². The highest BCUT2D eigenvalue weighted by Crippen LogP contribution is 2.45. The molecule has 202 valence electrons. The Balaban J connectivity index is 1.56. The van der Waals surface area contributed by atoms with Crippen LogP contribution >= 0.6 is 0 Å². The van der Waals surface area contributed by atoms with E-state index in [1.807, 2.05) is 99.6 Å². The van der Waals surface area contributed by atoms with E-state index < -0.39 is 11.4 Å². The van der Waals surface area contributed by atoms with Crippen molar-refractivity contribution in [1.29, 1.82) is 0 Å². The van der Waals surface area contributed by atoms with Gasteiger partial charge in [-0.25, -0.2) is 8.78 Å². The maximum Gasteiger partial charge on any atom is 0.155 e. The Hall–Kier alpha value is -4.76. The van der Waals surface area contributed by atoms with Crippen molar-refractivity contribution in [3.8, 4) is 33.4 Å². The molecule has 3 heteroatoms. The summed E-state index contributed by atoms with van der Waals surface area (Å²) in [6, 6.07) is 42.7. The molecule has 0 saturated heterocycles. The lowest BCUT2D eigenvalue weighted by Gasteiger charge is -2.39. The van der Waals surface area contributed by atoms with Gasteiger partial charge in [0.15, 0.2) is 5.82 Å². The fourth-order valence-electron chi connectivity index (χ4n) is 5.54. The molecule has 0 amide bonds. The number of nitrogens with zero attached hydrogens (tertiary/aromatic N) is 1. The first-order valence-corrected chi connectivity index (χ1v) is 13.8. The van der Waals surface area contributed by atoms with E-state index in [-0.39, 0.29) is 5.82 Å². The first-order valence-electron chi connectivity index (χ1n) is 13.8. The highest BCUT2D eigenvalue weighted by Gasteiger charge is 2.31. The number of para-hydroxylation sites is 1. The first-order chi connectivity index (χ1) is 19.8. The molecule has 6 rings (SSSR count). The quantitative estimate of drug-likeness (QED) is 0.211. The molecule has 0 aliphatic rings. The Kier molecular flexibility index (Phi) is 6.88. The van der Waals surface area contributed by atoms with Crippen molar-refractivity contribution in [1.82, 2.24) is 0 Å². The fraction of sp³-hybridized carbons (Fsp3) is 0.105. The van der Waals surface area contributed by atoms with Crippen LogP contribution in [0.25, 0.3) is 44.2 Å². The van der Waals surface area contributed by atoms with Crippen LogP contribution in [0.2, 0.25) is 0 Å². The normalized spacial score (nSPS) is 11.5. The van der Waals surface area contributed by atoms with E-state index in [1.165, 1.54) is 11.5 Å². The number of hydrogen-bond donors (Lipinski definition) is 0. The molecule has 1 nitrogen and oxygen atoms in total. The molecule has 0 bridgehead atoms. The maximum atomic E-state index is 17.1. The van der Waals surface area contributed by atoms with Crippen molar-refractivity contribution >= 4 is 22.1 Å². The second-order valence-electron chi connectivity index (χ2n) is 11.3. The zero-order valence-corrected chi connectivity index (χ0v) is 23.4. The standard InChI is InChI=1S/C38H31F2N/c1-38(2,3)41(35-19-10-9-18-34(35)39)37-33(27-13-5-4-6-14-27)23-22-32(36(37)40)31-17-11-16-29(25-31)30-21-20-26-12-7-8-15-28(26)24-30/h4-25H,1-3H3. The van der Waals surface area contributed by atoms with E-state index in [2.05, 4.69) is 30.3 Å². The van der Waals surface area contributed by atoms with Crippen molar-refractivity contribution in [3.63, 3.8) is 0 Å². The minimum atomic E-state index is -0.627. The average Bonchev–Trinajstić information content (AvgIpc) is 2.98. The summed E-state index contributed by atoms with van der Waals surface area (Å²) in [7, 11) is 0. The van der Waals surface area contributed by atoms with Gasteiger partial charge in [-0.15, -0.1) is 0 Å². The molecule has 0 atom stereocenters. The zero-order valence-electron chi connectivity index (χ0n) is 23.4. The third-order valence-electron chi connectivity index (χ3n) is 7.45. The van der Waals surface area contributed by atoms with Crippen molar-refractivity contribution < 1.29 is 8.78 Å². The Morgan fingerprint density at radius 1 is 0.488 bits per heavy atom. The number of benzene rings is 6. The summed E-state index contributed by atoms with van der Waals surface area (Å²) < 4.78 is 32.4. The molecule has 0 N–H and O–H groups in total. The predicted molar refractivity (Wildman–Crippen MR) is 169 cm³/mol. The van der Waals surface area contributed by atoms with Crippen LogP contribution in [0, 0.1) is 11.6 Å². The number of anilines is 2. The SMILES string of the molecule is CC(C)(C)N(c1ccccc1F)c1c(-c2ccccc2)ccc(-c2cccc(-c3ccc4ccccc4c3)c2)c1F. The first kappa shape index (κ1) is 26.5. The molecule has 0 saturated carbocycles. The van der Waals surface area contributed by atoms with E-state index in [0.717, 1.165) is 27.6 Å². The van der Waals surface area contributed by atoms with Crippen LogP contribution in [-0.4, -0.2) is 5.54 Å². The highest BCUT2D eigenvalue weighted by molar-refractivity contribution is 5.90. The fourth-order valence-corrected chi connectivity index (χ4v) is 5.54. The number of halogens is 2. The second kappa shape index (κ2) is 10.7.